The van der Waals surface area contributed by atoms with E-state index in [4.69, 9.17) is 4.98 Å². The zero-order chi connectivity index (χ0) is 33.1. The molecule has 5 nitrogen and oxygen atoms in total. The standard InChI is InChI=1S/C42H44N5.Pt/c1-28-14-17-38-39(20-28)46(9)26-47(38,27-46)33-22-30(42(5,6)7)21-32(24-33)44(8)31-15-16-35-34-12-10-11-13-36(34)45(37(35)25-31)40-23-29(18-19-43-40)41(2,3)4;/h10-23,26H,27H2,1-9H3;/q-1;/t46-,47+;/m0./s1. The van der Waals surface area contributed by atoms with Crippen LogP contribution >= 0.6 is 0 Å². The van der Waals surface area contributed by atoms with Gasteiger partial charge >= 0.3 is 0 Å². The topological polar surface area (TPSA) is 21.1 Å². The number of rotatable bonds is 4. The number of nitrogens with zero attached hydrogens (tertiary/aromatic N) is 5. The molecule has 0 saturated carbocycles. The maximum atomic E-state index is 4.88. The molecule has 0 unspecified atom stereocenters. The van der Waals surface area contributed by atoms with Crippen molar-refractivity contribution in [2.75, 3.05) is 25.7 Å². The molecule has 3 aliphatic rings. The van der Waals surface area contributed by atoms with Crippen LogP contribution in [0, 0.1) is 25.7 Å². The predicted octanol–water partition coefficient (Wildman–Crippen LogP) is 10.1. The molecular weight excluding hydrogens is 770 g/mol. The second-order valence-corrected chi connectivity index (χ2v) is 15.9. The molecule has 1 fully saturated rings. The van der Waals surface area contributed by atoms with E-state index in [1.165, 1.54) is 44.5 Å². The zero-order valence-corrected chi connectivity index (χ0v) is 31.7. The number of para-hydroxylation sites is 1. The Balaban J connectivity index is 0.00000364. The van der Waals surface area contributed by atoms with Crippen molar-refractivity contribution in [3.8, 4) is 5.82 Å². The second kappa shape index (κ2) is 10.9. The Bertz CT molecular complexity index is 2230. The summed E-state index contributed by atoms with van der Waals surface area (Å²) in [7, 11) is 4.46. The molecule has 0 radical (unpaired) electrons. The number of aromatic nitrogens is 2. The van der Waals surface area contributed by atoms with Crippen molar-refractivity contribution in [1.82, 2.24) is 18.5 Å². The smallest absolute Gasteiger partial charge is 0.179 e. The first-order valence-corrected chi connectivity index (χ1v) is 16.6. The van der Waals surface area contributed by atoms with Crippen molar-refractivity contribution in [3.63, 3.8) is 0 Å². The average Bonchev–Trinajstić information content (AvgIpc) is 3.58. The monoisotopic (exact) mass is 813 g/mol. The summed E-state index contributed by atoms with van der Waals surface area (Å²) in [6.07, 6.45) is 1.93. The summed E-state index contributed by atoms with van der Waals surface area (Å²) in [5.74, 6) is 0.913. The van der Waals surface area contributed by atoms with Crippen LogP contribution in [0.2, 0.25) is 0 Å². The van der Waals surface area contributed by atoms with Crippen molar-refractivity contribution in [3.05, 3.63) is 121 Å². The molecule has 0 N–H and O–H groups in total. The van der Waals surface area contributed by atoms with Gasteiger partial charge < -0.3 is 18.4 Å². The molecule has 2 aromatic heterocycles. The van der Waals surface area contributed by atoms with Crippen molar-refractivity contribution >= 4 is 50.2 Å². The van der Waals surface area contributed by atoms with Crippen LogP contribution in [0.4, 0.5) is 28.4 Å². The maximum Gasteiger partial charge on any atom is 0.179 e. The Morgan fingerprint density at radius 1 is 0.792 bits per heavy atom. The summed E-state index contributed by atoms with van der Waals surface area (Å²) >= 11 is 0. The van der Waals surface area contributed by atoms with Crippen LogP contribution in [0.5, 0.6) is 0 Å². The van der Waals surface area contributed by atoms with E-state index < -0.39 is 0 Å². The van der Waals surface area contributed by atoms with E-state index >= 15 is 0 Å². The Kier molecular flexibility index (Phi) is 7.42. The van der Waals surface area contributed by atoms with Crippen LogP contribution in [0.1, 0.15) is 58.2 Å². The van der Waals surface area contributed by atoms with Gasteiger partial charge in [-0.05, 0) is 52.5 Å². The quantitative estimate of drug-likeness (QED) is 0.131. The van der Waals surface area contributed by atoms with E-state index in [0.717, 1.165) is 43.9 Å². The number of pyridine rings is 1. The van der Waals surface area contributed by atoms with E-state index in [2.05, 4.69) is 170 Å². The van der Waals surface area contributed by atoms with Gasteiger partial charge in [0.25, 0.3) is 0 Å². The van der Waals surface area contributed by atoms with Gasteiger partial charge in [-0.25, -0.2) is 4.98 Å². The molecule has 5 heterocycles. The van der Waals surface area contributed by atoms with Crippen molar-refractivity contribution < 1.29 is 21.1 Å². The summed E-state index contributed by atoms with van der Waals surface area (Å²) < 4.78 is 3.85. The van der Waals surface area contributed by atoms with Crippen LogP contribution in [-0.4, -0.2) is 30.3 Å². The van der Waals surface area contributed by atoms with Crippen molar-refractivity contribution in [2.24, 2.45) is 0 Å². The number of hydrogen-bond donors (Lipinski definition) is 0. The minimum atomic E-state index is -0.0273. The molecule has 2 bridgehead atoms. The molecule has 9 rings (SSSR count). The number of fused-ring (bicyclic) bond motifs is 3. The first kappa shape index (κ1) is 32.8. The number of anilines is 2. The summed E-state index contributed by atoms with van der Waals surface area (Å²) in [6, 6.07) is 36.8. The zero-order valence-electron chi connectivity index (χ0n) is 29.4. The Hall–Kier alpha value is -3.76. The molecule has 248 valence electrons. The number of benzene rings is 4. The number of aryl methyl sites for hydroxylation is 1. The molecule has 3 aliphatic heterocycles. The molecule has 6 heteroatoms. The van der Waals surface area contributed by atoms with E-state index in [1.807, 2.05) is 6.20 Å². The van der Waals surface area contributed by atoms with Crippen LogP contribution in [0.25, 0.3) is 27.6 Å². The Labute approximate surface area is 299 Å². The minimum absolute atomic E-state index is 0. The van der Waals surface area contributed by atoms with E-state index in [0.29, 0.717) is 0 Å². The van der Waals surface area contributed by atoms with Gasteiger partial charge in [-0.15, -0.1) is 35.2 Å². The third-order valence-electron chi connectivity index (χ3n) is 10.3. The Morgan fingerprint density at radius 3 is 2.25 bits per heavy atom. The summed E-state index contributed by atoms with van der Waals surface area (Å²) in [5.41, 5.74) is 12.0. The van der Waals surface area contributed by atoms with Gasteiger partial charge in [0.2, 0.25) is 0 Å². The molecule has 2 atom stereocenters. The van der Waals surface area contributed by atoms with Gasteiger partial charge in [0.1, 0.15) is 5.82 Å². The molecule has 0 spiro atoms. The van der Waals surface area contributed by atoms with E-state index in [-0.39, 0.29) is 31.9 Å². The minimum Gasteiger partial charge on any atom is -0.391 e. The molecule has 48 heavy (non-hydrogen) atoms. The number of quaternary nitrogens is 2. The molecule has 1 saturated heterocycles. The predicted molar refractivity (Wildman–Crippen MR) is 198 cm³/mol. The molecule has 6 aromatic rings. The van der Waals surface area contributed by atoms with E-state index in [1.54, 1.807) is 0 Å². The molecule has 0 amide bonds. The van der Waals surface area contributed by atoms with Crippen molar-refractivity contribution in [1.29, 1.82) is 0 Å². The normalized spacial score (nSPS) is 20.0. The fourth-order valence-electron chi connectivity index (χ4n) is 7.62. The van der Waals surface area contributed by atoms with Gasteiger partial charge in [-0.1, -0.05) is 88.8 Å². The fourth-order valence-corrected chi connectivity index (χ4v) is 7.62. The summed E-state index contributed by atoms with van der Waals surface area (Å²) in [6.45, 7) is 19.3. The van der Waals surface area contributed by atoms with Gasteiger partial charge in [0, 0.05) is 57.6 Å². The first-order valence-electron chi connectivity index (χ1n) is 16.6. The van der Waals surface area contributed by atoms with Gasteiger partial charge in [0.15, 0.2) is 18.0 Å². The third kappa shape index (κ3) is 4.89. The van der Waals surface area contributed by atoms with Gasteiger partial charge in [-0.2, -0.15) is 6.07 Å². The fraction of sp³-hybridized carbons (Fsp3) is 0.286. The number of hydrogen-bond acceptors (Lipinski definition) is 2. The Morgan fingerprint density at radius 2 is 1.52 bits per heavy atom. The molecule has 4 aromatic carbocycles. The largest absolute Gasteiger partial charge is 0.391 e. The third-order valence-corrected chi connectivity index (χ3v) is 10.3. The van der Waals surface area contributed by atoms with E-state index in [9.17, 15) is 0 Å². The first-order chi connectivity index (χ1) is 22.2. The molecule has 0 aliphatic carbocycles. The summed E-state index contributed by atoms with van der Waals surface area (Å²) in [5, 5.41) is 2.37. The molecular formula is C42H44N5Pt-. The van der Waals surface area contributed by atoms with Crippen LogP contribution in [0.15, 0.2) is 85.1 Å². The second-order valence-electron chi connectivity index (χ2n) is 15.9. The van der Waals surface area contributed by atoms with Crippen LogP contribution in [0.3, 0.4) is 0 Å². The SMILES string of the molecule is Cc1ccc2c(c1)[N@@+]1(C)[CH-][N@+]2(c2[c-]c(N(C)c3[c-]c4c(cc3)c3ccccc3n4-c3cc(C(C)(C)C)ccn3)cc(C(C)(C)C)c2)C1.[Pt]. The van der Waals surface area contributed by atoms with Gasteiger partial charge in [-0.3, -0.25) is 0 Å². The van der Waals surface area contributed by atoms with Crippen LogP contribution < -0.4 is 13.9 Å². The van der Waals surface area contributed by atoms with Gasteiger partial charge in [0.05, 0.1) is 13.7 Å². The van der Waals surface area contributed by atoms with Crippen molar-refractivity contribution in [2.45, 2.75) is 59.3 Å². The van der Waals surface area contributed by atoms with Crippen LogP contribution in [-0.2, 0) is 31.9 Å². The maximum absolute atomic E-state index is 4.88. The summed E-state index contributed by atoms with van der Waals surface area (Å²) in [4.78, 5) is 7.13. The average molecular weight is 814 g/mol.